The van der Waals surface area contributed by atoms with Crippen molar-refractivity contribution in [2.75, 3.05) is 36.5 Å². The molecule has 0 atom stereocenters. The Hall–Kier alpha value is -1.59. The van der Waals surface area contributed by atoms with Crippen LogP contribution in [0.4, 0.5) is 11.4 Å². The molecule has 0 saturated carbocycles. The Morgan fingerprint density at radius 1 is 1.39 bits per heavy atom. The van der Waals surface area contributed by atoms with Gasteiger partial charge in [-0.05, 0) is 24.6 Å². The van der Waals surface area contributed by atoms with Crippen molar-refractivity contribution in [3.8, 4) is 0 Å². The van der Waals surface area contributed by atoms with Gasteiger partial charge in [0, 0.05) is 0 Å². The monoisotopic (exact) mass is 248 g/mol. The zero-order valence-corrected chi connectivity index (χ0v) is 10.3. The highest BCUT2D eigenvalue weighted by Gasteiger charge is 2.28. The molecule has 1 fully saturated rings. The van der Waals surface area contributed by atoms with Crippen LogP contribution >= 0.6 is 0 Å². The van der Waals surface area contributed by atoms with E-state index in [0.29, 0.717) is 26.3 Å². The molecule has 18 heavy (non-hydrogen) atoms. The van der Waals surface area contributed by atoms with Gasteiger partial charge in [0.05, 0.1) is 37.7 Å². The van der Waals surface area contributed by atoms with E-state index in [4.69, 9.17) is 9.47 Å². The third kappa shape index (κ3) is 2.07. The maximum atomic E-state index is 12.0. The van der Waals surface area contributed by atoms with Crippen molar-refractivity contribution < 1.29 is 14.3 Å². The van der Waals surface area contributed by atoms with E-state index >= 15 is 0 Å². The number of anilines is 2. The molecule has 1 saturated heterocycles. The second-order valence-electron chi connectivity index (χ2n) is 4.55. The first-order valence-corrected chi connectivity index (χ1v) is 6.12. The molecule has 2 aliphatic rings. The fraction of sp³-hybridized carbons (Fsp3) is 0.462. The minimum absolute atomic E-state index is 0.0483. The molecule has 0 aromatic heterocycles. The summed E-state index contributed by atoms with van der Waals surface area (Å²) in [6.07, 6.45) is -0.305. The molecule has 1 N–H and O–H groups in total. The number of rotatable bonds is 2. The Morgan fingerprint density at radius 2 is 2.17 bits per heavy atom. The molecular formula is C13H16N2O3. The van der Waals surface area contributed by atoms with Crippen LogP contribution < -0.4 is 10.2 Å². The average Bonchev–Trinajstić information content (AvgIpc) is 2.86. The van der Waals surface area contributed by atoms with E-state index in [9.17, 15) is 4.79 Å². The number of benzene rings is 1. The number of carbonyl (C=O) groups is 1. The molecule has 5 nitrogen and oxygen atoms in total. The molecule has 2 aliphatic heterocycles. The molecular weight excluding hydrogens is 232 g/mol. The molecule has 2 heterocycles. The molecule has 0 radical (unpaired) electrons. The smallest absolute Gasteiger partial charge is 0.246 e. The molecule has 1 amide bonds. The van der Waals surface area contributed by atoms with Crippen molar-refractivity contribution in [3.63, 3.8) is 0 Å². The van der Waals surface area contributed by atoms with E-state index in [-0.39, 0.29) is 12.2 Å². The molecule has 3 rings (SSSR count). The van der Waals surface area contributed by atoms with Gasteiger partial charge < -0.3 is 19.7 Å². The van der Waals surface area contributed by atoms with Gasteiger partial charge in [-0.3, -0.25) is 4.79 Å². The van der Waals surface area contributed by atoms with Crippen LogP contribution in [0.1, 0.15) is 5.56 Å². The van der Waals surface area contributed by atoms with Gasteiger partial charge in [-0.2, -0.15) is 0 Å². The second-order valence-corrected chi connectivity index (χ2v) is 4.55. The number of amides is 1. The van der Waals surface area contributed by atoms with Crippen molar-refractivity contribution in [2.24, 2.45) is 0 Å². The summed E-state index contributed by atoms with van der Waals surface area (Å²) < 4.78 is 10.8. The normalized spacial score (nSPS) is 19.8. The first kappa shape index (κ1) is 11.5. The van der Waals surface area contributed by atoms with E-state index in [0.717, 1.165) is 16.9 Å². The summed E-state index contributed by atoms with van der Waals surface area (Å²) in [4.78, 5) is 13.8. The lowest BCUT2D eigenvalue weighted by molar-refractivity contribution is -0.118. The van der Waals surface area contributed by atoms with Crippen LogP contribution in [0.15, 0.2) is 18.2 Å². The Balaban J connectivity index is 1.88. The predicted molar refractivity (Wildman–Crippen MR) is 67.7 cm³/mol. The summed E-state index contributed by atoms with van der Waals surface area (Å²) in [5.41, 5.74) is 3.02. The standard InChI is InChI=1S/C13H16N2O3/c1-9-2-3-10-11(6-9)15(12(16)7-14-10)8-13-17-4-5-18-13/h2-3,6,13-14H,4-5,7-8H2,1H3. The van der Waals surface area contributed by atoms with Crippen LogP contribution in [0.5, 0.6) is 0 Å². The fourth-order valence-electron chi connectivity index (χ4n) is 2.28. The van der Waals surface area contributed by atoms with Crippen molar-refractivity contribution in [1.29, 1.82) is 0 Å². The van der Waals surface area contributed by atoms with Gasteiger partial charge in [-0.1, -0.05) is 6.07 Å². The number of ether oxygens (including phenoxy) is 2. The summed E-state index contributed by atoms with van der Waals surface area (Å²) in [7, 11) is 0. The lowest BCUT2D eigenvalue weighted by Crippen LogP contribution is -2.44. The number of hydrogen-bond donors (Lipinski definition) is 1. The van der Waals surface area contributed by atoms with E-state index in [1.54, 1.807) is 4.90 Å². The highest BCUT2D eigenvalue weighted by Crippen LogP contribution is 2.31. The Kier molecular flexibility index (Phi) is 2.93. The van der Waals surface area contributed by atoms with Crippen LogP contribution in [0.25, 0.3) is 0 Å². The van der Waals surface area contributed by atoms with Gasteiger partial charge in [0.1, 0.15) is 0 Å². The largest absolute Gasteiger partial charge is 0.374 e. The van der Waals surface area contributed by atoms with Gasteiger partial charge in [0.25, 0.3) is 0 Å². The molecule has 5 heteroatoms. The summed E-state index contributed by atoms with van der Waals surface area (Å²) >= 11 is 0. The maximum absolute atomic E-state index is 12.0. The highest BCUT2D eigenvalue weighted by molar-refractivity contribution is 6.02. The van der Waals surface area contributed by atoms with Gasteiger partial charge in [0.15, 0.2) is 6.29 Å². The van der Waals surface area contributed by atoms with E-state index in [1.807, 2.05) is 25.1 Å². The lowest BCUT2D eigenvalue weighted by Gasteiger charge is -2.31. The maximum Gasteiger partial charge on any atom is 0.246 e. The third-order valence-electron chi connectivity index (χ3n) is 3.20. The van der Waals surface area contributed by atoms with Crippen LogP contribution in [-0.2, 0) is 14.3 Å². The van der Waals surface area contributed by atoms with Crippen molar-refractivity contribution in [1.82, 2.24) is 0 Å². The number of fused-ring (bicyclic) bond motifs is 1. The Labute approximate surface area is 106 Å². The topological polar surface area (TPSA) is 50.8 Å². The Morgan fingerprint density at radius 3 is 2.94 bits per heavy atom. The first-order chi connectivity index (χ1) is 8.74. The molecule has 96 valence electrons. The summed E-state index contributed by atoms with van der Waals surface area (Å²) in [5.74, 6) is 0.0483. The van der Waals surface area contributed by atoms with Gasteiger partial charge in [-0.25, -0.2) is 0 Å². The van der Waals surface area contributed by atoms with Crippen LogP contribution in [0.2, 0.25) is 0 Å². The van der Waals surface area contributed by atoms with Gasteiger partial charge >= 0.3 is 0 Å². The zero-order valence-electron chi connectivity index (χ0n) is 10.3. The molecule has 1 aromatic rings. The SMILES string of the molecule is Cc1ccc2c(c1)N(CC1OCCO1)C(=O)CN2. The number of nitrogens with zero attached hydrogens (tertiary/aromatic N) is 1. The van der Waals surface area contributed by atoms with Crippen LogP contribution in [0.3, 0.4) is 0 Å². The molecule has 1 aromatic carbocycles. The lowest BCUT2D eigenvalue weighted by atomic mass is 10.1. The van der Waals surface area contributed by atoms with Crippen LogP contribution in [0, 0.1) is 6.92 Å². The minimum atomic E-state index is -0.305. The Bertz CT molecular complexity index is 469. The number of carbonyl (C=O) groups excluding carboxylic acids is 1. The number of nitrogens with one attached hydrogen (secondary N) is 1. The third-order valence-corrected chi connectivity index (χ3v) is 3.20. The summed E-state index contributed by atoms with van der Waals surface area (Å²) in [6.45, 7) is 4.00. The zero-order chi connectivity index (χ0) is 12.5. The minimum Gasteiger partial charge on any atom is -0.374 e. The van der Waals surface area contributed by atoms with Gasteiger partial charge in [-0.15, -0.1) is 0 Å². The molecule has 0 spiro atoms. The molecule has 0 unspecified atom stereocenters. The first-order valence-electron chi connectivity index (χ1n) is 6.12. The second kappa shape index (κ2) is 4.59. The number of aryl methyl sites for hydroxylation is 1. The highest BCUT2D eigenvalue weighted by atomic mass is 16.7. The van der Waals surface area contributed by atoms with Gasteiger partial charge in [0.2, 0.25) is 5.91 Å². The van der Waals surface area contributed by atoms with E-state index < -0.39 is 0 Å². The van der Waals surface area contributed by atoms with Crippen LogP contribution in [-0.4, -0.2) is 38.5 Å². The summed E-state index contributed by atoms with van der Waals surface area (Å²) in [6, 6.07) is 6.04. The molecule has 0 bridgehead atoms. The van der Waals surface area contributed by atoms with E-state index in [1.165, 1.54) is 0 Å². The molecule has 0 aliphatic carbocycles. The predicted octanol–water partition coefficient (Wildman–Crippen LogP) is 1.13. The summed E-state index contributed by atoms with van der Waals surface area (Å²) in [5, 5.41) is 3.12. The number of hydrogen-bond acceptors (Lipinski definition) is 4. The van der Waals surface area contributed by atoms with Crippen molar-refractivity contribution in [3.05, 3.63) is 23.8 Å². The van der Waals surface area contributed by atoms with Crippen molar-refractivity contribution >= 4 is 17.3 Å². The fourth-order valence-corrected chi connectivity index (χ4v) is 2.28. The average molecular weight is 248 g/mol. The quantitative estimate of drug-likeness (QED) is 0.852. The van der Waals surface area contributed by atoms with E-state index in [2.05, 4.69) is 5.32 Å². The van der Waals surface area contributed by atoms with Crippen molar-refractivity contribution in [2.45, 2.75) is 13.2 Å².